The Morgan fingerprint density at radius 3 is 2.75 bits per heavy atom. The van der Waals surface area contributed by atoms with E-state index < -0.39 is 11.7 Å². The minimum atomic E-state index is -0.494. The lowest BCUT2D eigenvalue weighted by atomic mass is 10.1. The molecule has 2 aromatic rings. The Labute approximate surface area is 124 Å². The second-order valence-electron chi connectivity index (χ2n) is 4.66. The summed E-state index contributed by atoms with van der Waals surface area (Å²) in [5.74, 6) is -0.952. The SMILES string of the molecule is Cc1cc(Br)cc2c1N(Cc1ccccn1)C(=O)C2=O. The fraction of sp³-hybridized carbons (Fsp3) is 0.133. The van der Waals surface area contributed by atoms with Crippen LogP contribution in [0.1, 0.15) is 21.6 Å². The van der Waals surface area contributed by atoms with E-state index in [2.05, 4.69) is 20.9 Å². The number of amides is 1. The third-order valence-corrected chi connectivity index (χ3v) is 3.72. The van der Waals surface area contributed by atoms with Crippen LogP contribution in [0.4, 0.5) is 5.69 Å². The maximum Gasteiger partial charge on any atom is 0.299 e. The van der Waals surface area contributed by atoms with Gasteiger partial charge in [0.1, 0.15) is 0 Å². The van der Waals surface area contributed by atoms with Gasteiger partial charge >= 0.3 is 0 Å². The number of anilines is 1. The molecule has 0 bridgehead atoms. The number of aromatic nitrogens is 1. The molecule has 0 spiro atoms. The van der Waals surface area contributed by atoms with Crippen molar-refractivity contribution < 1.29 is 9.59 Å². The molecule has 100 valence electrons. The summed E-state index contributed by atoms with van der Waals surface area (Å²) in [5, 5.41) is 0. The van der Waals surface area contributed by atoms with Gasteiger partial charge in [0, 0.05) is 10.7 Å². The topological polar surface area (TPSA) is 50.3 Å². The summed E-state index contributed by atoms with van der Waals surface area (Å²) >= 11 is 3.36. The van der Waals surface area contributed by atoms with E-state index in [1.165, 1.54) is 4.90 Å². The van der Waals surface area contributed by atoms with Gasteiger partial charge in [0.25, 0.3) is 11.7 Å². The number of Topliss-reactive ketones (excluding diaryl/α,β-unsaturated/α-hetero) is 1. The lowest BCUT2D eigenvalue weighted by Gasteiger charge is -2.18. The zero-order valence-corrected chi connectivity index (χ0v) is 12.3. The van der Waals surface area contributed by atoms with Gasteiger partial charge in [0.15, 0.2) is 0 Å². The second kappa shape index (κ2) is 4.83. The van der Waals surface area contributed by atoms with Gasteiger partial charge in [0.2, 0.25) is 0 Å². The number of fused-ring (bicyclic) bond motifs is 1. The predicted octanol–water partition coefficient (Wildman–Crippen LogP) is 2.88. The van der Waals surface area contributed by atoms with Crippen molar-refractivity contribution in [3.63, 3.8) is 0 Å². The molecule has 0 saturated carbocycles. The van der Waals surface area contributed by atoms with Gasteiger partial charge in [-0.2, -0.15) is 0 Å². The number of pyridine rings is 1. The number of halogens is 1. The Morgan fingerprint density at radius 2 is 2.05 bits per heavy atom. The molecule has 2 heterocycles. The van der Waals surface area contributed by atoms with Crippen molar-refractivity contribution in [2.24, 2.45) is 0 Å². The molecule has 0 fully saturated rings. The van der Waals surface area contributed by atoms with Crippen LogP contribution in [0.2, 0.25) is 0 Å². The number of ketones is 1. The Balaban J connectivity index is 2.07. The molecule has 1 aliphatic heterocycles. The second-order valence-corrected chi connectivity index (χ2v) is 5.58. The van der Waals surface area contributed by atoms with Gasteiger partial charge in [-0.3, -0.25) is 19.5 Å². The highest BCUT2D eigenvalue weighted by Gasteiger charge is 2.37. The van der Waals surface area contributed by atoms with E-state index in [1.807, 2.05) is 31.2 Å². The van der Waals surface area contributed by atoms with Crippen LogP contribution in [0.5, 0.6) is 0 Å². The number of hydrogen-bond donors (Lipinski definition) is 0. The Kier molecular flexibility index (Phi) is 3.14. The van der Waals surface area contributed by atoms with Gasteiger partial charge in [0.05, 0.1) is 23.5 Å². The number of nitrogens with zero attached hydrogens (tertiary/aromatic N) is 2. The summed E-state index contributed by atoms with van der Waals surface area (Å²) in [6.07, 6.45) is 1.67. The summed E-state index contributed by atoms with van der Waals surface area (Å²) in [6, 6.07) is 9.11. The van der Waals surface area contributed by atoms with Crippen LogP contribution in [-0.2, 0) is 11.3 Å². The van der Waals surface area contributed by atoms with E-state index in [0.29, 0.717) is 17.8 Å². The van der Waals surface area contributed by atoms with Crippen LogP contribution >= 0.6 is 15.9 Å². The van der Waals surface area contributed by atoms with Gasteiger partial charge in [-0.25, -0.2) is 0 Å². The molecular weight excluding hydrogens is 320 g/mol. The lowest BCUT2D eigenvalue weighted by molar-refractivity contribution is -0.114. The Bertz CT molecular complexity index is 713. The fourth-order valence-corrected chi connectivity index (χ4v) is 2.98. The fourth-order valence-electron chi connectivity index (χ4n) is 2.41. The molecule has 3 rings (SSSR count). The summed E-state index contributed by atoms with van der Waals surface area (Å²) in [7, 11) is 0. The Morgan fingerprint density at radius 1 is 1.25 bits per heavy atom. The van der Waals surface area contributed by atoms with Gasteiger partial charge in [-0.1, -0.05) is 22.0 Å². The van der Waals surface area contributed by atoms with E-state index in [-0.39, 0.29) is 0 Å². The number of aryl methyl sites for hydroxylation is 1. The summed E-state index contributed by atoms with van der Waals surface area (Å²) in [5.41, 5.74) is 2.79. The highest BCUT2D eigenvalue weighted by molar-refractivity contribution is 9.10. The van der Waals surface area contributed by atoms with E-state index in [1.54, 1.807) is 12.3 Å². The quantitative estimate of drug-likeness (QED) is 0.795. The molecule has 0 unspecified atom stereocenters. The van der Waals surface area contributed by atoms with Crippen molar-refractivity contribution in [3.05, 3.63) is 57.8 Å². The largest absolute Gasteiger partial charge is 0.299 e. The van der Waals surface area contributed by atoms with Gasteiger partial charge in [-0.15, -0.1) is 0 Å². The highest BCUT2D eigenvalue weighted by Crippen LogP contribution is 2.35. The molecule has 0 saturated heterocycles. The number of carbonyl (C=O) groups is 2. The molecule has 1 amide bonds. The Hall–Kier alpha value is -2.01. The third-order valence-electron chi connectivity index (χ3n) is 3.27. The van der Waals surface area contributed by atoms with Crippen molar-refractivity contribution in [3.8, 4) is 0 Å². The number of hydrogen-bond acceptors (Lipinski definition) is 3. The molecular formula is C15H11BrN2O2. The minimum Gasteiger partial charge on any atom is -0.298 e. The standard InChI is InChI=1S/C15H11BrN2O2/c1-9-6-10(16)7-12-13(9)18(15(20)14(12)19)8-11-4-2-3-5-17-11/h2-7H,8H2,1H3. The zero-order chi connectivity index (χ0) is 14.3. The average molecular weight is 331 g/mol. The molecule has 0 radical (unpaired) electrons. The first kappa shape index (κ1) is 13.0. The third kappa shape index (κ3) is 2.04. The van der Waals surface area contributed by atoms with Crippen LogP contribution in [0, 0.1) is 6.92 Å². The number of benzene rings is 1. The van der Waals surface area contributed by atoms with Crippen molar-refractivity contribution in [2.45, 2.75) is 13.5 Å². The summed E-state index contributed by atoms with van der Waals surface area (Å²) in [4.78, 5) is 29.9. The van der Waals surface area contributed by atoms with Crippen molar-refractivity contribution in [2.75, 3.05) is 4.90 Å². The van der Waals surface area contributed by atoms with E-state index in [9.17, 15) is 9.59 Å². The van der Waals surface area contributed by atoms with Crippen LogP contribution in [-0.4, -0.2) is 16.7 Å². The highest BCUT2D eigenvalue weighted by atomic mass is 79.9. The van der Waals surface area contributed by atoms with Gasteiger partial charge in [-0.05, 0) is 36.8 Å². The molecule has 0 N–H and O–H groups in total. The maximum atomic E-state index is 12.2. The smallest absolute Gasteiger partial charge is 0.298 e. The van der Waals surface area contributed by atoms with Crippen LogP contribution < -0.4 is 4.90 Å². The van der Waals surface area contributed by atoms with Crippen LogP contribution in [0.3, 0.4) is 0 Å². The van der Waals surface area contributed by atoms with Crippen molar-refractivity contribution >= 4 is 33.3 Å². The van der Waals surface area contributed by atoms with Crippen LogP contribution in [0.15, 0.2) is 41.0 Å². The number of rotatable bonds is 2. The minimum absolute atomic E-state index is 0.306. The maximum absolute atomic E-state index is 12.2. The van der Waals surface area contributed by atoms with Crippen LogP contribution in [0.25, 0.3) is 0 Å². The number of carbonyl (C=O) groups excluding carboxylic acids is 2. The van der Waals surface area contributed by atoms with E-state index in [4.69, 9.17) is 0 Å². The summed E-state index contributed by atoms with van der Waals surface area (Å²) < 4.78 is 0.801. The van der Waals surface area contributed by atoms with E-state index >= 15 is 0 Å². The van der Waals surface area contributed by atoms with Gasteiger partial charge < -0.3 is 0 Å². The molecule has 1 aromatic heterocycles. The first-order valence-corrected chi connectivity index (χ1v) is 6.93. The molecule has 0 atom stereocenters. The first-order chi connectivity index (χ1) is 9.58. The summed E-state index contributed by atoms with van der Waals surface area (Å²) in [6.45, 7) is 2.20. The molecule has 1 aromatic carbocycles. The average Bonchev–Trinajstić information content (AvgIpc) is 2.65. The normalized spacial score (nSPS) is 13.8. The lowest BCUT2D eigenvalue weighted by Crippen LogP contribution is -2.29. The van der Waals surface area contributed by atoms with Crippen molar-refractivity contribution in [1.82, 2.24) is 4.98 Å². The van der Waals surface area contributed by atoms with E-state index in [0.717, 1.165) is 15.7 Å². The zero-order valence-electron chi connectivity index (χ0n) is 10.8. The molecule has 5 heteroatoms. The molecule has 1 aliphatic rings. The van der Waals surface area contributed by atoms with Crippen molar-refractivity contribution in [1.29, 1.82) is 0 Å². The predicted molar refractivity (Wildman–Crippen MR) is 78.6 cm³/mol. The molecule has 4 nitrogen and oxygen atoms in total. The monoisotopic (exact) mass is 330 g/mol. The first-order valence-electron chi connectivity index (χ1n) is 6.14. The molecule has 0 aliphatic carbocycles. The molecule has 20 heavy (non-hydrogen) atoms.